The Morgan fingerprint density at radius 1 is 1.10 bits per heavy atom. The van der Waals surface area contributed by atoms with Crippen LogP contribution in [0.2, 0.25) is 0 Å². The lowest BCUT2D eigenvalue weighted by molar-refractivity contribution is -0.0620. The number of aliphatic hydroxyl groups excluding tert-OH is 2. The van der Waals surface area contributed by atoms with Gasteiger partial charge in [-0.25, -0.2) is 0 Å². The summed E-state index contributed by atoms with van der Waals surface area (Å²) in [4.78, 5) is 0. The van der Waals surface area contributed by atoms with E-state index in [-0.39, 0.29) is 23.0 Å². The molecule has 0 spiro atoms. The van der Waals surface area contributed by atoms with Crippen LogP contribution in [-0.2, 0) is 0 Å². The second-order valence-electron chi connectivity index (χ2n) is 12.3. The van der Waals surface area contributed by atoms with Gasteiger partial charge in [0.05, 0.1) is 12.2 Å². The first-order chi connectivity index (χ1) is 14.2. The second-order valence-corrected chi connectivity index (χ2v) is 12.3. The van der Waals surface area contributed by atoms with Crippen molar-refractivity contribution in [1.82, 2.24) is 0 Å². The van der Waals surface area contributed by atoms with Crippen LogP contribution < -0.4 is 5.73 Å². The van der Waals surface area contributed by atoms with Crippen LogP contribution >= 0.6 is 0 Å². The summed E-state index contributed by atoms with van der Waals surface area (Å²) in [6.45, 7) is 10.5. The average molecular weight is 418 g/mol. The Balaban J connectivity index is 1.50. The number of hydrogen-bond acceptors (Lipinski definition) is 3. The van der Waals surface area contributed by atoms with Crippen LogP contribution in [0.3, 0.4) is 0 Å². The number of fused-ring (bicyclic) bond motifs is 5. The zero-order valence-electron chi connectivity index (χ0n) is 19.9. The molecule has 4 rings (SSSR count). The monoisotopic (exact) mass is 417 g/mol. The van der Waals surface area contributed by atoms with Gasteiger partial charge in [-0.1, -0.05) is 52.2 Å². The Bertz CT molecular complexity index is 647. The Kier molecular flexibility index (Phi) is 6.48. The molecular weight excluding hydrogens is 370 g/mol. The third kappa shape index (κ3) is 3.71. The largest absolute Gasteiger partial charge is 0.393 e. The van der Waals surface area contributed by atoms with E-state index >= 15 is 0 Å². The summed E-state index contributed by atoms with van der Waals surface area (Å²) < 4.78 is 0. The third-order valence-corrected chi connectivity index (χ3v) is 10.6. The summed E-state index contributed by atoms with van der Waals surface area (Å²) >= 11 is 0. The molecule has 3 fully saturated rings. The van der Waals surface area contributed by atoms with Gasteiger partial charge in [-0.2, -0.15) is 0 Å². The van der Waals surface area contributed by atoms with Gasteiger partial charge in [0.1, 0.15) is 0 Å². The van der Waals surface area contributed by atoms with Crippen molar-refractivity contribution >= 4 is 0 Å². The number of nitrogens with two attached hydrogens (primary N) is 1. The molecule has 3 heteroatoms. The Labute approximate surface area is 184 Å². The SMILES string of the molecule is CC(CN)CCC[C@@H](C)[C@H]1C(O)C[C@H]2[C@@H]3CC=C4CC(O)CC[C@]4(C)[C@H]3CC[C@]12C. The molecule has 3 saturated carbocycles. The summed E-state index contributed by atoms with van der Waals surface area (Å²) in [7, 11) is 0. The molecule has 0 aromatic rings. The van der Waals surface area contributed by atoms with Gasteiger partial charge in [-0.3, -0.25) is 0 Å². The van der Waals surface area contributed by atoms with Crippen molar-refractivity contribution in [3.8, 4) is 0 Å². The van der Waals surface area contributed by atoms with E-state index in [0.29, 0.717) is 23.7 Å². The number of rotatable bonds is 6. The highest BCUT2D eigenvalue weighted by atomic mass is 16.3. The lowest BCUT2D eigenvalue weighted by Gasteiger charge is -2.58. The van der Waals surface area contributed by atoms with Gasteiger partial charge in [0.15, 0.2) is 0 Å². The first kappa shape index (κ1) is 22.8. The van der Waals surface area contributed by atoms with Crippen LogP contribution in [0, 0.1) is 46.3 Å². The van der Waals surface area contributed by atoms with E-state index in [0.717, 1.165) is 44.1 Å². The molecular formula is C27H47NO2. The van der Waals surface area contributed by atoms with Crippen molar-refractivity contribution < 1.29 is 10.2 Å². The smallest absolute Gasteiger partial charge is 0.0579 e. The molecule has 0 radical (unpaired) electrons. The molecule has 4 N–H and O–H groups in total. The molecule has 4 aliphatic carbocycles. The van der Waals surface area contributed by atoms with Crippen molar-refractivity contribution in [3.63, 3.8) is 0 Å². The van der Waals surface area contributed by atoms with Crippen molar-refractivity contribution in [2.24, 2.45) is 52.1 Å². The fraction of sp³-hybridized carbons (Fsp3) is 0.926. The normalized spacial score (nSPS) is 47.6. The summed E-state index contributed by atoms with van der Waals surface area (Å²) in [5.74, 6) is 3.77. The Morgan fingerprint density at radius 3 is 2.60 bits per heavy atom. The zero-order valence-corrected chi connectivity index (χ0v) is 19.9. The molecule has 0 aliphatic heterocycles. The molecule has 172 valence electrons. The zero-order chi connectivity index (χ0) is 21.7. The Morgan fingerprint density at radius 2 is 1.87 bits per heavy atom. The summed E-state index contributed by atoms with van der Waals surface area (Å²) in [5, 5.41) is 21.5. The lowest BCUT2D eigenvalue weighted by atomic mass is 9.47. The van der Waals surface area contributed by atoms with Crippen LogP contribution in [0.15, 0.2) is 11.6 Å². The van der Waals surface area contributed by atoms with E-state index in [2.05, 4.69) is 33.8 Å². The number of allylic oxidation sites excluding steroid dienone is 1. The molecule has 30 heavy (non-hydrogen) atoms. The van der Waals surface area contributed by atoms with Crippen LogP contribution in [0.4, 0.5) is 0 Å². The molecule has 0 saturated heterocycles. The van der Waals surface area contributed by atoms with Gasteiger partial charge in [-0.05, 0) is 104 Å². The van der Waals surface area contributed by atoms with Crippen LogP contribution in [0.1, 0.15) is 91.9 Å². The molecule has 0 aromatic carbocycles. The van der Waals surface area contributed by atoms with E-state index < -0.39 is 0 Å². The predicted molar refractivity (Wildman–Crippen MR) is 124 cm³/mol. The average Bonchev–Trinajstić information content (AvgIpc) is 2.98. The van der Waals surface area contributed by atoms with E-state index in [4.69, 9.17) is 5.73 Å². The second kappa shape index (κ2) is 8.52. The Hall–Kier alpha value is -0.380. The van der Waals surface area contributed by atoms with Gasteiger partial charge in [0.25, 0.3) is 0 Å². The minimum atomic E-state index is -0.132. The first-order valence-corrected chi connectivity index (χ1v) is 13.0. The minimum Gasteiger partial charge on any atom is -0.393 e. The maximum Gasteiger partial charge on any atom is 0.0579 e. The summed E-state index contributed by atoms with van der Waals surface area (Å²) in [5.41, 5.74) is 7.93. The van der Waals surface area contributed by atoms with Gasteiger partial charge in [0, 0.05) is 0 Å². The van der Waals surface area contributed by atoms with Gasteiger partial charge in [0.2, 0.25) is 0 Å². The van der Waals surface area contributed by atoms with Crippen LogP contribution in [-0.4, -0.2) is 29.0 Å². The predicted octanol–water partition coefficient (Wildman–Crippen LogP) is 5.30. The number of aliphatic hydroxyl groups is 2. The highest BCUT2D eigenvalue weighted by Gasteiger charge is 2.61. The molecule has 0 aromatic heterocycles. The molecule has 10 atom stereocenters. The highest BCUT2D eigenvalue weighted by molar-refractivity contribution is 5.25. The molecule has 3 unspecified atom stereocenters. The molecule has 0 heterocycles. The van der Waals surface area contributed by atoms with E-state index in [1.165, 1.54) is 38.5 Å². The fourth-order valence-corrected chi connectivity index (χ4v) is 8.81. The molecule has 0 bridgehead atoms. The molecule has 0 amide bonds. The summed E-state index contributed by atoms with van der Waals surface area (Å²) in [6.07, 6.45) is 13.7. The van der Waals surface area contributed by atoms with E-state index in [1.807, 2.05) is 0 Å². The highest BCUT2D eigenvalue weighted by Crippen LogP contribution is 2.67. The van der Waals surface area contributed by atoms with Gasteiger partial charge in [-0.15, -0.1) is 0 Å². The van der Waals surface area contributed by atoms with Crippen molar-refractivity contribution in [1.29, 1.82) is 0 Å². The van der Waals surface area contributed by atoms with Gasteiger partial charge < -0.3 is 15.9 Å². The first-order valence-electron chi connectivity index (χ1n) is 13.0. The van der Waals surface area contributed by atoms with Gasteiger partial charge >= 0.3 is 0 Å². The van der Waals surface area contributed by atoms with Crippen LogP contribution in [0.5, 0.6) is 0 Å². The summed E-state index contributed by atoms with van der Waals surface area (Å²) in [6, 6.07) is 0. The standard InChI is InChI=1S/C27H47NO2/c1-17(16-28)6-5-7-18(2)25-24(30)15-23-21-9-8-19-14-20(29)10-12-26(19,3)22(21)11-13-27(23,25)4/h8,17-18,20-25,29-30H,5-7,9-16,28H2,1-4H3/t17?,18-,20?,21-,22+,23+,24?,25+,26+,27+/m1/s1. The topological polar surface area (TPSA) is 66.5 Å². The van der Waals surface area contributed by atoms with E-state index in [9.17, 15) is 10.2 Å². The number of hydrogen-bond donors (Lipinski definition) is 3. The van der Waals surface area contributed by atoms with Crippen molar-refractivity contribution in [2.45, 2.75) is 104 Å². The fourth-order valence-electron chi connectivity index (χ4n) is 8.81. The molecule has 3 nitrogen and oxygen atoms in total. The van der Waals surface area contributed by atoms with Crippen molar-refractivity contribution in [3.05, 3.63) is 11.6 Å². The van der Waals surface area contributed by atoms with Crippen LogP contribution in [0.25, 0.3) is 0 Å². The van der Waals surface area contributed by atoms with Crippen molar-refractivity contribution in [2.75, 3.05) is 6.54 Å². The maximum absolute atomic E-state index is 11.3. The van der Waals surface area contributed by atoms with E-state index in [1.54, 1.807) is 5.57 Å². The quantitative estimate of drug-likeness (QED) is 0.514. The lowest BCUT2D eigenvalue weighted by Crippen LogP contribution is -2.51. The molecule has 4 aliphatic rings. The third-order valence-electron chi connectivity index (χ3n) is 10.6. The maximum atomic E-state index is 11.3. The minimum absolute atomic E-state index is 0.129.